The number of carbonyl (C=O) groups excluding carboxylic acids is 1. The molecule has 0 unspecified atom stereocenters. The molecule has 0 saturated heterocycles. The minimum absolute atomic E-state index is 0.223. The number of aromatic nitrogens is 2. The summed E-state index contributed by atoms with van der Waals surface area (Å²) in [7, 11) is 0. The molecule has 21 heavy (non-hydrogen) atoms. The van der Waals surface area contributed by atoms with Crippen LogP contribution in [0.2, 0.25) is 0 Å². The van der Waals surface area contributed by atoms with Crippen molar-refractivity contribution in [2.24, 2.45) is 0 Å². The van der Waals surface area contributed by atoms with Gasteiger partial charge in [-0.15, -0.1) is 0 Å². The Bertz CT molecular complexity index is 785. The van der Waals surface area contributed by atoms with E-state index in [2.05, 4.69) is 53.2 Å². The molecule has 8 heteroatoms. The van der Waals surface area contributed by atoms with E-state index in [1.54, 1.807) is 18.2 Å². The maximum atomic E-state index is 12.1. The minimum Gasteiger partial charge on any atom is -0.447 e. The fourth-order valence-electron chi connectivity index (χ4n) is 1.58. The second kappa shape index (κ2) is 6.24. The lowest BCUT2D eigenvalue weighted by atomic mass is 10.2. The lowest BCUT2D eigenvalue weighted by Gasteiger charge is -2.00. The smallest absolute Gasteiger partial charge is 0.257 e. The van der Waals surface area contributed by atoms with Gasteiger partial charge in [0.1, 0.15) is 0 Å². The Morgan fingerprint density at radius 3 is 2.67 bits per heavy atom. The summed E-state index contributed by atoms with van der Waals surface area (Å²) < 4.78 is 11.3. The van der Waals surface area contributed by atoms with Crippen LogP contribution >= 0.6 is 50.1 Å². The van der Waals surface area contributed by atoms with Gasteiger partial charge < -0.3 is 4.42 Å². The number of hydrogen-bond acceptors (Lipinski definition) is 5. The molecular formula is C13H7BrIN3O2S. The maximum absolute atomic E-state index is 12.1. The number of furan rings is 1. The van der Waals surface area contributed by atoms with Gasteiger partial charge in [-0.3, -0.25) is 10.1 Å². The zero-order chi connectivity index (χ0) is 14.8. The van der Waals surface area contributed by atoms with Gasteiger partial charge in [-0.25, -0.2) is 0 Å². The predicted molar refractivity (Wildman–Crippen MR) is 92.4 cm³/mol. The van der Waals surface area contributed by atoms with Gasteiger partial charge in [0.05, 0.1) is 0 Å². The third-order valence-electron chi connectivity index (χ3n) is 2.55. The molecule has 106 valence electrons. The number of benzene rings is 1. The number of amides is 1. The Morgan fingerprint density at radius 1 is 1.24 bits per heavy atom. The average molecular weight is 476 g/mol. The van der Waals surface area contributed by atoms with E-state index in [1.165, 1.54) is 0 Å². The first-order valence-electron chi connectivity index (χ1n) is 5.78. The standard InChI is InChI=1S/C13H7BrIN3O2S/c14-8-3-1-7(2-4-8)12(19)17-13-16-11(18-21-13)9-5-6-10(15)20-9/h1-6H,(H,16,17,18,19). The highest BCUT2D eigenvalue weighted by Crippen LogP contribution is 2.24. The van der Waals surface area contributed by atoms with Gasteiger partial charge >= 0.3 is 0 Å². The third kappa shape index (κ3) is 3.50. The molecule has 0 spiro atoms. The predicted octanol–water partition coefficient (Wildman–Crippen LogP) is 4.42. The summed E-state index contributed by atoms with van der Waals surface area (Å²) in [5, 5.41) is 3.16. The summed E-state index contributed by atoms with van der Waals surface area (Å²) in [6.07, 6.45) is 0. The highest BCUT2D eigenvalue weighted by molar-refractivity contribution is 14.1. The van der Waals surface area contributed by atoms with Crippen LogP contribution in [0, 0.1) is 3.77 Å². The molecule has 0 saturated carbocycles. The van der Waals surface area contributed by atoms with E-state index in [1.807, 2.05) is 18.2 Å². The number of halogens is 2. The highest BCUT2D eigenvalue weighted by Gasteiger charge is 2.13. The Kier molecular flexibility index (Phi) is 4.36. The molecule has 2 aromatic heterocycles. The van der Waals surface area contributed by atoms with Crippen LogP contribution < -0.4 is 5.32 Å². The first-order chi connectivity index (χ1) is 10.1. The van der Waals surface area contributed by atoms with Gasteiger partial charge in [0.2, 0.25) is 11.0 Å². The zero-order valence-corrected chi connectivity index (χ0v) is 14.9. The van der Waals surface area contributed by atoms with Crippen LogP contribution in [0.25, 0.3) is 11.6 Å². The summed E-state index contributed by atoms with van der Waals surface area (Å²) in [4.78, 5) is 16.3. The molecule has 0 radical (unpaired) electrons. The Morgan fingerprint density at radius 2 is 2.00 bits per heavy atom. The van der Waals surface area contributed by atoms with Crippen molar-refractivity contribution in [2.45, 2.75) is 0 Å². The molecule has 0 bridgehead atoms. The van der Waals surface area contributed by atoms with Crippen molar-refractivity contribution in [3.8, 4) is 11.6 Å². The molecule has 1 aromatic carbocycles. The van der Waals surface area contributed by atoms with Crippen LogP contribution in [0.3, 0.4) is 0 Å². The summed E-state index contributed by atoms with van der Waals surface area (Å²) in [5.74, 6) is 0.827. The van der Waals surface area contributed by atoms with Gasteiger partial charge in [0.25, 0.3) is 5.91 Å². The lowest BCUT2D eigenvalue weighted by Crippen LogP contribution is -2.11. The average Bonchev–Trinajstić information content (AvgIpc) is 3.08. The van der Waals surface area contributed by atoms with Crippen LogP contribution in [0.1, 0.15) is 10.4 Å². The van der Waals surface area contributed by atoms with E-state index in [9.17, 15) is 4.79 Å². The molecule has 5 nitrogen and oxygen atoms in total. The van der Waals surface area contributed by atoms with Crippen molar-refractivity contribution in [1.82, 2.24) is 9.36 Å². The Hall–Kier alpha value is -1.26. The van der Waals surface area contributed by atoms with Crippen LogP contribution in [0.15, 0.2) is 45.3 Å². The van der Waals surface area contributed by atoms with E-state index in [4.69, 9.17) is 4.42 Å². The van der Waals surface area contributed by atoms with Crippen LogP contribution in [0.5, 0.6) is 0 Å². The Labute approximate surface area is 146 Å². The molecule has 3 rings (SSSR count). The van der Waals surface area contributed by atoms with Crippen molar-refractivity contribution in [3.63, 3.8) is 0 Å². The molecule has 0 fully saturated rings. The van der Waals surface area contributed by atoms with E-state index in [-0.39, 0.29) is 5.91 Å². The Balaban J connectivity index is 1.75. The molecule has 1 amide bonds. The van der Waals surface area contributed by atoms with Crippen molar-refractivity contribution in [1.29, 1.82) is 0 Å². The number of nitrogens with zero attached hydrogens (tertiary/aromatic N) is 2. The molecule has 0 atom stereocenters. The van der Waals surface area contributed by atoms with Gasteiger partial charge in [-0.05, 0) is 59.0 Å². The van der Waals surface area contributed by atoms with E-state index < -0.39 is 0 Å². The zero-order valence-electron chi connectivity index (χ0n) is 10.3. The summed E-state index contributed by atoms with van der Waals surface area (Å²) in [6, 6.07) is 10.7. The van der Waals surface area contributed by atoms with Crippen molar-refractivity contribution < 1.29 is 9.21 Å². The second-order valence-corrected chi connectivity index (χ2v) is 6.72. The van der Waals surface area contributed by atoms with Gasteiger partial charge in [-0.2, -0.15) is 9.36 Å². The number of hydrogen-bond donors (Lipinski definition) is 1. The second-order valence-electron chi connectivity index (χ2n) is 3.99. The fourth-order valence-corrected chi connectivity index (χ4v) is 2.83. The molecule has 2 heterocycles. The monoisotopic (exact) mass is 475 g/mol. The van der Waals surface area contributed by atoms with Gasteiger partial charge in [-0.1, -0.05) is 15.9 Å². The van der Waals surface area contributed by atoms with Crippen molar-refractivity contribution >= 4 is 61.1 Å². The highest BCUT2D eigenvalue weighted by atomic mass is 127. The SMILES string of the molecule is O=C(Nc1nc(-c2ccc(I)o2)ns1)c1ccc(Br)cc1. The molecule has 3 aromatic rings. The largest absolute Gasteiger partial charge is 0.447 e. The van der Waals surface area contributed by atoms with Crippen molar-refractivity contribution in [3.05, 3.63) is 50.2 Å². The van der Waals surface area contributed by atoms with Crippen LogP contribution in [-0.4, -0.2) is 15.3 Å². The molecule has 0 aliphatic carbocycles. The fraction of sp³-hybridized carbons (Fsp3) is 0. The quantitative estimate of drug-likeness (QED) is 0.569. The third-order valence-corrected chi connectivity index (χ3v) is 4.29. The van der Waals surface area contributed by atoms with Crippen molar-refractivity contribution in [2.75, 3.05) is 5.32 Å². The van der Waals surface area contributed by atoms with Crippen LogP contribution in [-0.2, 0) is 0 Å². The maximum Gasteiger partial charge on any atom is 0.257 e. The number of nitrogens with one attached hydrogen (secondary N) is 1. The van der Waals surface area contributed by atoms with E-state index in [0.717, 1.165) is 19.8 Å². The van der Waals surface area contributed by atoms with Gasteiger partial charge in [0.15, 0.2) is 9.53 Å². The topological polar surface area (TPSA) is 68.0 Å². The van der Waals surface area contributed by atoms with Crippen LogP contribution in [0.4, 0.5) is 5.13 Å². The van der Waals surface area contributed by atoms with E-state index >= 15 is 0 Å². The first kappa shape index (κ1) is 14.7. The lowest BCUT2D eigenvalue weighted by molar-refractivity contribution is 0.102. The molecular weight excluding hydrogens is 469 g/mol. The summed E-state index contributed by atoms with van der Waals surface area (Å²) in [5.41, 5.74) is 0.558. The number of carbonyl (C=O) groups is 1. The normalized spacial score (nSPS) is 10.6. The number of rotatable bonds is 3. The number of anilines is 1. The van der Waals surface area contributed by atoms with Gasteiger partial charge in [0, 0.05) is 21.6 Å². The molecule has 0 aliphatic rings. The molecule has 0 aliphatic heterocycles. The summed E-state index contributed by atoms with van der Waals surface area (Å²) >= 11 is 6.52. The first-order valence-corrected chi connectivity index (χ1v) is 8.43. The van der Waals surface area contributed by atoms with E-state index in [0.29, 0.717) is 22.3 Å². The molecule has 1 N–H and O–H groups in total. The minimum atomic E-state index is -0.223. The summed E-state index contributed by atoms with van der Waals surface area (Å²) in [6.45, 7) is 0.